The Bertz CT molecular complexity index is 503. The number of ether oxygens (including phenoxy) is 1. The summed E-state index contributed by atoms with van der Waals surface area (Å²) in [6.45, 7) is 3.38. The lowest BCUT2D eigenvalue weighted by atomic mass is 10.0. The zero-order chi connectivity index (χ0) is 15.9. The van der Waals surface area contributed by atoms with Gasteiger partial charge in [-0.3, -0.25) is 0 Å². The minimum absolute atomic E-state index is 0.0438. The first-order valence-corrected chi connectivity index (χ1v) is 7.94. The fraction of sp³-hybridized carbons (Fsp3) is 0.588. The first-order valence-electron chi connectivity index (χ1n) is 7.94. The van der Waals surface area contributed by atoms with Gasteiger partial charge in [-0.05, 0) is 49.8 Å². The Morgan fingerprint density at radius 3 is 3.00 bits per heavy atom. The van der Waals surface area contributed by atoms with Gasteiger partial charge < -0.3 is 20.1 Å². The predicted octanol–water partition coefficient (Wildman–Crippen LogP) is 2.45. The summed E-state index contributed by atoms with van der Waals surface area (Å²) in [4.78, 5) is 14.2. The predicted molar refractivity (Wildman–Crippen MR) is 86.0 cm³/mol. The second-order valence-electron chi connectivity index (χ2n) is 5.82. The number of nitrogens with one attached hydrogen (secondary N) is 1. The number of methoxy groups -OCH3 is 1. The van der Waals surface area contributed by atoms with E-state index in [1.807, 2.05) is 30.0 Å². The summed E-state index contributed by atoms with van der Waals surface area (Å²) in [5, 5.41) is 12.1. The molecular weight excluding hydrogens is 280 g/mol. The first-order chi connectivity index (χ1) is 10.7. The van der Waals surface area contributed by atoms with E-state index in [0.29, 0.717) is 13.0 Å². The normalized spacial score (nSPS) is 18.1. The van der Waals surface area contributed by atoms with Crippen LogP contribution in [0.25, 0.3) is 0 Å². The number of carbonyl (C=O) groups excluding carboxylic acids is 1. The third kappa shape index (κ3) is 4.13. The minimum atomic E-state index is -0.0438. The molecule has 1 heterocycles. The van der Waals surface area contributed by atoms with Gasteiger partial charge in [-0.1, -0.05) is 12.1 Å². The highest BCUT2D eigenvalue weighted by Gasteiger charge is 2.25. The van der Waals surface area contributed by atoms with Gasteiger partial charge in [0.2, 0.25) is 0 Å². The number of likely N-dealkylation sites (tertiary alicyclic amines) is 1. The highest BCUT2D eigenvalue weighted by Crippen LogP contribution is 2.21. The molecule has 1 aromatic carbocycles. The van der Waals surface area contributed by atoms with Crippen molar-refractivity contribution in [2.75, 3.05) is 20.3 Å². The molecule has 1 saturated heterocycles. The van der Waals surface area contributed by atoms with E-state index in [9.17, 15) is 4.79 Å². The molecule has 0 saturated carbocycles. The summed E-state index contributed by atoms with van der Waals surface area (Å²) in [7, 11) is 1.65. The lowest BCUT2D eigenvalue weighted by molar-refractivity contribution is 0.131. The molecule has 0 radical (unpaired) electrons. The van der Waals surface area contributed by atoms with Gasteiger partial charge in [0.25, 0.3) is 0 Å². The van der Waals surface area contributed by atoms with E-state index in [0.717, 1.165) is 42.7 Å². The maximum atomic E-state index is 12.4. The van der Waals surface area contributed by atoms with Gasteiger partial charge >= 0.3 is 6.03 Å². The summed E-state index contributed by atoms with van der Waals surface area (Å²) in [5.41, 5.74) is 2.10. The Morgan fingerprint density at radius 1 is 1.45 bits per heavy atom. The maximum Gasteiger partial charge on any atom is 0.317 e. The summed E-state index contributed by atoms with van der Waals surface area (Å²) < 4.78 is 5.31. The van der Waals surface area contributed by atoms with Gasteiger partial charge in [0, 0.05) is 25.7 Å². The number of benzene rings is 1. The van der Waals surface area contributed by atoms with Crippen LogP contribution in [0, 0.1) is 6.92 Å². The largest absolute Gasteiger partial charge is 0.496 e. The van der Waals surface area contributed by atoms with Crippen LogP contribution >= 0.6 is 0 Å². The number of urea groups is 1. The van der Waals surface area contributed by atoms with E-state index in [-0.39, 0.29) is 18.7 Å². The number of rotatable bonds is 5. The average Bonchev–Trinajstić information content (AvgIpc) is 2.54. The number of aliphatic hydroxyl groups excluding tert-OH is 1. The molecule has 0 unspecified atom stereocenters. The molecule has 0 aromatic heterocycles. The number of carbonyl (C=O) groups is 1. The molecule has 5 heteroatoms. The van der Waals surface area contributed by atoms with Crippen molar-refractivity contribution in [3.63, 3.8) is 0 Å². The first kappa shape index (κ1) is 16.6. The van der Waals surface area contributed by atoms with Crippen molar-refractivity contribution in [3.8, 4) is 5.75 Å². The van der Waals surface area contributed by atoms with Crippen molar-refractivity contribution >= 4 is 6.03 Å². The smallest absolute Gasteiger partial charge is 0.317 e. The van der Waals surface area contributed by atoms with E-state index in [1.165, 1.54) is 0 Å². The van der Waals surface area contributed by atoms with Gasteiger partial charge in [-0.15, -0.1) is 0 Å². The molecule has 1 fully saturated rings. The average molecular weight is 306 g/mol. The third-order valence-corrected chi connectivity index (χ3v) is 4.27. The van der Waals surface area contributed by atoms with Crippen LogP contribution in [0.4, 0.5) is 4.79 Å². The standard InChI is InChI=1S/C17H26N2O3/c1-13-6-7-14(11-16(13)22-2)12-18-17(21)19-9-4-3-5-15(19)8-10-20/h6-7,11,15,20H,3-5,8-10,12H2,1-2H3,(H,18,21)/t15-/m0/s1. The molecule has 2 rings (SSSR count). The fourth-order valence-corrected chi connectivity index (χ4v) is 2.97. The van der Waals surface area contributed by atoms with Crippen molar-refractivity contribution in [2.45, 2.75) is 45.2 Å². The molecule has 2 N–H and O–H groups in total. The number of amides is 2. The number of hydrogen-bond acceptors (Lipinski definition) is 3. The maximum absolute atomic E-state index is 12.4. The van der Waals surface area contributed by atoms with Gasteiger partial charge in [0.1, 0.15) is 5.75 Å². The molecular formula is C17H26N2O3. The Hall–Kier alpha value is -1.75. The molecule has 0 spiro atoms. The molecule has 0 aliphatic carbocycles. The van der Waals surface area contributed by atoms with Crippen LogP contribution in [-0.4, -0.2) is 42.3 Å². The lowest BCUT2D eigenvalue weighted by Gasteiger charge is -2.35. The third-order valence-electron chi connectivity index (χ3n) is 4.27. The Morgan fingerprint density at radius 2 is 2.27 bits per heavy atom. The molecule has 0 bridgehead atoms. The summed E-state index contributed by atoms with van der Waals surface area (Å²) in [6.07, 6.45) is 3.80. The monoisotopic (exact) mass is 306 g/mol. The van der Waals surface area contributed by atoms with E-state index in [2.05, 4.69) is 5.32 Å². The van der Waals surface area contributed by atoms with Crippen molar-refractivity contribution in [1.29, 1.82) is 0 Å². The molecule has 5 nitrogen and oxygen atoms in total. The second kappa shape index (κ2) is 8.03. The van der Waals surface area contributed by atoms with Crippen LogP contribution < -0.4 is 10.1 Å². The molecule has 122 valence electrons. The zero-order valence-corrected chi connectivity index (χ0v) is 13.5. The molecule has 2 amide bonds. The highest BCUT2D eigenvalue weighted by molar-refractivity contribution is 5.74. The Kier molecular flexibility index (Phi) is 6.07. The SMILES string of the molecule is COc1cc(CNC(=O)N2CCCC[C@H]2CCO)ccc1C. The number of nitrogens with zero attached hydrogens (tertiary/aromatic N) is 1. The number of aliphatic hydroxyl groups is 1. The highest BCUT2D eigenvalue weighted by atomic mass is 16.5. The number of aryl methyl sites for hydroxylation is 1. The Balaban J connectivity index is 1.93. The zero-order valence-electron chi connectivity index (χ0n) is 13.5. The van der Waals surface area contributed by atoms with Crippen LogP contribution in [0.2, 0.25) is 0 Å². The minimum Gasteiger partial charge on any atom is -0.496 e. The molecule has 22 heavy (non-hydrogen) atoms. The van der Waals surface area contributed by atoms with Crippen molar-refractivity contribution in [1.82, 2.24) is 10.2 Å². The van der Waals surface area contributed by atoms with Gasteiger partial charge in [-0.25, -0.2) is 4.79 Å². The van der Waals surface area contributed by atoms with Gasteiger partial charge in [-0.2, -0.15) is 0 Å². The number of piperidine rings is 1. The fourth-order valence-electron chi connectivity index (χ4n) is 2.97. The van der Waals surface area contributed by atoms with Crippen LogP contribution in [0.1, 0.15) is 36.8 Å². The van der Waals surface area contributed by atoms with Crippen molar-refractivity contribution in [2.24, 2.45) is 0 Å². The van der Waals surface area contributed by atoms with E-state index < -0.39 is 0 Å². The van der Waals surface area contributed by atoms with Crippen LogP contribution in [0.5, 0.6) is 5.75 Å². The Labute approximate surface area is 132 Å². The van der Waals surface area contributed by atoms with Crippen molar-refractivity contribution < 1.29 is 14.6 Å². The molecule has 1 atom stereocenters. The quantitative estimate of drug-likeness (QED) is 0.878. The topological polar surface area (TPSA) is 61.8 Å². The number of hydrogen-bond donors (Lipinski definition) is 2. The summed E-state index contributed by atoms with van der Waals surface area (Å²) >= 11 is 0. The van der Waals surface area contributed by atoms with Crippen molar-refractivity contribution in [3.05, 3.63) is 29.3 Å². The lowest BCUT2D eigenvalue weighted by Crippen LogP contribution is -2.48. The summed E-state index contributed by atoms with van der Waals surface area (Å²) in [6, 6.07) is 6.07. The van der Waals surface area contributed by atoms with Crippen LogP contribution in [0.15, 0.2) is 18.2 Å². The van der Waals surface area contributed by atoms with E-state index in [1.54, 1.807) is 7.11 Å². The van der Waals surface area contributed by atoms with E-state index >= 15 is 0 Å². The van der Waals surface area contributed by atoms with Crippen LogP contribution in [0.3, 0.4) is 0 Å². The summed E-state index contributed by atoms with van der Waals surface area (Å²) in [5.74, 6) is 0.836. The van der Waals surface area contributed by atoms with Gasteiger partial charge in [0.15, 0.2) is 0 Å². The molecule has 1 aromatic rings. The van der Waals surface area contributed by atoms with E-state index in [4.69, 9.17) is 9.84 Å². The van der Waals surface area contributed by atoms with Crippen LogP contribution in [-0.2, 0) is 6.54 Å². The molecule has 1 aliphatic heterocycles. The molecule has 1 aliphatic rings. The van der Waals surface area contributed by atoms with Gasteiger partial charge in [0.05, 0.1) is 7.11 Å². The second-order valence-corrected chi connectivity index (χ2v) is 5.82.